The highest BCUT2D eigenvalue weighted by atomic mass is 19.1. The molecule has 2 bridgehead atoms. The van der Waals surface area contributed by atoms with Gasteiger partial charge in [0.25, 0.3) is 0 Å². The number of anilines is 1. The number of nitrogens with zero attached hydrogens (tertiary/aromatic N) is 1. The Morgan fingerprint density at radius 2 is 1.76 bits per heavy atom. The third-order valence-corrected chi connectivity index (χ3v) is 3.96. The molecule has 2 aliphatic rings. The van der Waals surface area contributed by atoms with E-state index in [0.717, 1.165) is 31.7 Å². The van der Waals surface area contributed by atoms with Crippen molar-refractivity contribution in [2.24, 2.45) is 5.73 Å². The molecule has 0 radical (unpaired) electrons. The summed E-state index contributed by atoms with van der Waals surface area (Å²) >= 11 is 0. The van der Waals surface area contributed by atoms with E-state index in [-0.39, 0.29) is 29.8 Å². The van der Waals surface area contributed by atoms with Crippen LogP contribution in [0.4, 0.5) is 14.5 Å². The Balaban J connectivity index is 1.97. The molecule has 0 amide bonds. The minimum atomic E-state index is -0.379. The summed E-state index contributed by atoms with van der Waals surface area (Å²) in [6, 6.07) is 4.44. The number of piperidine rings is 1. The fraction of sp³-hybridized carbons (Fsp3) is 0.538. The van der Waals surface area contributed by atoms with Gasteiger partial charge in [0.05, 0.1) is 5.69 Å². The maximum atomic E-state index is 13.8. The average Bonchev–Trinajstić information content (AvgIpc) is 2.54. The first kappa shape index (κ1) is 11.0. The molecule has 2 aliphatic heterocycles. The highest BCUT2D eigenvalue weighted by Crippen LogP contribution is 2.39. The molecule has 2 atom stereocenters. The van der Waals surface area contributed by atoms with Gasteiger partial charge >= 0.3 is 0 Å². The third kappa shape index (κ3) is 1.80. The maximum Gasteiger partial charge on any atom is 0.146 e. The molecule has 3 rings (SSSR count). The van der Waals surface area contributed by atoms with Gasteiger partial charge in [-0.25, -0.2) is 8.78 Å². The zero-order valence-corrected chi connectivity index (χ0v) is 9.57. The molecule has 2 N–H and O–H groups in total. The van der Waals surface area contributed by atoms with Crippen LogP contribution >= 0.6 is 0 Å². The standard InChI is InChI=1S/C13H16F2N2/c14-8-1-4-12(15)13(5-8)17-10-2-3-11(17)7-9(16)6-10/h1,4-5,9-11H,2-3,6-7,16H2. The van der Waals surface area contributed by atoms with Gasteiger partial charge in [-0.3, -0.25) is 0 Å². The van der Waals surface area contributed by atoms with Gasteiger partial charge in [-0.1, -0.05) is 0 Å². The van der Waals surface area contributed by atoms with Crippen molar-refractivity contribution < 1.29 is 8.78 Å². The Kier molecular flexibility index (Phi) is 2.54. The lowest BCUT2D eigenvalue weighted by Gasteiger charge is -2.39. The molecule has 1 aromatic rings. The molecule has 0 aromatic heterocycles. The minimum Gasteiger partial charge on any atom is -0.363 e. The van der Waals surface area contributed by atoms with E-state index in [1.165, 1.54) is 12.1 Å². The second kappa shape index (κ2) is 3.95. The van der Waals surface area contributed by atoms with Crippen LogP contribution in [0, 0.1) is 11.6 Å². The van der Waals surface area contributed by atoms with Gasteiger partial charge in [-0.15, -0.1) is 0 Å². The van der Waals surface area contributed by atoms with Gasteiger partial charge < -0.3 is 10.6 Å². The molecule has 4 heteroatoms. The first-order valence-corrected chi connectivity index (χ1v) is 6.14. The van der Waals surface area contributed by atoms with Gasteiger partial charge in [0.2, 0.25) is 0 Å². The molecule has 0 saturated carbocycles. The van der Waals surface area contributed by atoms with Crippen LogP contribution in [-0.4, -0.2) is 18.1 Å². The Morgan fingerprint density at radius 3 is 2.41 bits per heavy atom. The summed E-state index contributed by atoms with van der Waals surface area (Å²) in [6.07, 6.45) is 3.83. The second-order valence-electron chi connectivity index (χ2n) is 5.12. The van der Waals surface area contributed by atoms with Crippen molar-refractivity contribution in [2.45, 2.75) is 43.8 Å². The molecule has 2 saturated heterocycles. The Morgan fingerprint density at radius 1 is 1.12 bits per heavy atom. The van der Waals surface area contributed by atoms with Crippen LogP contribution < -0.4 is 10.6 Å². The molecule has 92 valence electrons. The Bertz CT molecular complexity index is 421. The fourth-order valence-electron chi connectivity index (χ4n) is 3.30. The molecule has 1 aromatic carbocycles. The second-order valence-corrected chi connectivity index (χ2v) is 5.12. The van der Waals surface area contributed by atoms with Crippen LogP contribution in [-0.2, 0) is 0 Å². The first-order chi connectivity index (χ1) is 8.15. The topological polar surface area (TPSA) is 29.3 Å². The molecule has 2 heterocycles. The van der Waals surface area contributed by atoms with Crippen molar-refractivity contribution in [3.05, 3.63) is 29.8 Å². The maximum absolute atomic E-state index is 13.8. The summed E-state index contributed by atoms with van der Waals surface area (Å²) in [6.45, 7) is 0. The van der Waals surface area contributed by atoms with E-state index in [0.29, 0.717) is 5.69 Å². The van der Waals surface area contributed by atoms with Crippen LogP contribution in [0.3, 0.4) is 0 Å². The van der Waals surface area contributed by atoms with Crippen LogP contribution in [0.5, 0.6) is 0 Å². The first-order valence-electron chi connectivity index (χ1n) is 6.14. The van der Waals surface area contributed by atoms with E-state index in [1.807, 2.05) is 4.90 Å². The largest absolute Gasteiger partial charge is 0.363 e. The summed E-state index contributed by atoms with van der Waals surface area (Å²) in [4.78, 5) is 2.04. The van der Waals surface area contributed by atoms with E-state index in [4.69, 9.17) is 5.73 Å². The number of hydrogen-bond acceptors (Lipinski definition) is 2. The van der Waals surface area contributed by atoms with Crippen molar-refractivity contribution >= 4 is 5.69 Å². The summed E-state index contributed by atoms with van der Waals surface area (Å²) in [7, 11) is 0. The van der Waals surface area contributed by atoms with E-state index in [2.05, 4.69) is 0 Å². The van der Waals surface area contributed by atoms with E-state index >= 15 is 0 Å². The van der Waals surface area contributed by atoms with Gasteiger partial charge in [0.1, 0.15) is 11.6 Å². The van der Waals surface area contributed by atoms with Crippen molar-refractivity contribution in [1.29, 1.82) is 0 Å². The van der Waals surface area contributed by atoms with Gasteiger partial charge in [0, 0.05) is 24.2 Å². The number of nitrogens with two attached hydrogens (primary N) is 1. The van der Waals surface area contributed by atoms with Crippen molar-refractivity contribution in [3.8, 4) is 0 Å². The predicted molar refractivity (Wildman–Crippen MR) is 62.9 cm³/mol. The number of fused-ring (bicyclic) bond motifs is 2. The lowest BCUT2D eigenvalue weighted by atomic mass is 9.97. The fourth-order valence-corrected chi connectivity index (χ4v) is 3.30. The molecule has 17 heavy (non-hydrogen) atoms. The highest BCUT2D eigenvalue weighted by Gasteiger charge is 2.40. The number of halogens is 2. The van der Waals surface area contributed by atoms with Gasteiger partial charge in [-0.2, -0.15) is 0 Å². The van der Waals surface area contributed by atoms with Crippen LogP contribution in [0.1, 0.15) is 25.7 Å². The molecular formula is C13H16F2N2. The third-order valence-electron chi connectivity index (χ3n) is 3.96. The van der Waals surface area contributed by atoms with Gasteiger partial charge in [-0.05, 0) is 37.8 Å². The van der Waals surface area contributed by atoms with Crippen molar-refractivity contribution in [2.75, 3.05) is 4.90 Å². The molecule has 2 fully saturated rings. The zero-order valence-electron chi connectivity index (χ0n) is 9.57. The number of benzene rings is 1. The van der Waals surface area contributed by atoms with Crippen LogP contribution in [0.2, 0.25) is 0 Å². The smallest absolute Gasteiger partial charge is 0.146 e. The number of rotatable bonds is 1. The van der Waals surface area contributed by atoms with Crippen molar-refractivity contribution in [3.63, 3.8) is 0 Å². The molecule has 2 nitrogen and oxygen atoms in total. The van der Waals surface area contributed by atoms with E-state index in [9.17, 15) is 8.78 Å². The zero-order chi connectivity index (χ0) is 12.0. The summed E-state index contributed by atoms with van der Waals surface area (Å²) in [5.41, 5.74) is 6.38. The van der Waals surface area contributed by atoms with Crippen LogP contribution in [0.25, 0.3) is 0 Å². The summed E-state index contributed by atoms with van der Waals surface area (Å²) < 4.78 is 27.0. The lowest BCUT2D eigenvalue weighted by molar-refractivity contribution is 0.409. The quantitative estimate of drug-likeness (QED) is 0.814. The number of hydrogen-bond donors (Lipinski definition) is 1. The Hall–Kier alpha value is -1.16. The molecule has 2 unspecified atom stereocenters. The minimum absolute atomic E-state index is 0.209. The average molecular weight is 238 g/mol. The summed E-state index contributed by atoms with van der Waals surface area (Å²) in [5.74, 6) is -0.713. The molecule has 0 aliphatic carbocycles. The highest BCUT2D eigenvalue weighted by molar-refractivity contribution is 5.52. The summed E-state index contributed by atoms with van der Waals surface area (Å²) in [5, 5.41) is 0. The van der Waals surface area contributed by atoms with E-state index < -0.39 is 0 Å². The normalized spacial score (nSPS) is 31.9. The van der Waals surface area contributed by atoms with Crippen LogP contribution in [0.15, 0.2) is 18.2 Å². The monoisotopic (exact) mass is 238 g/mol. The van der Waals surface area contributed by atoms with Crippen molar-refractivity contribution in [1.82, 2.24) is 0 Å². The Labute approximate surface area is 99.4 Å². The lowest BCUT2D eigenvalue weighted by Crippen LogP contribution is -2.47. The SMILES string of the molecule is NC1CC2CCC(C1)N2c1cc(F)ccc1F. The predicted octanol–water partition coefficient (Wildman–Crippen LogP) is 2.42. The van der Waals surface area contributed by atoms with E-state index in [1.54, 1.807) is 0 Å². The molecule has 0 spiro atoms. The van der Waals surface area contributed by atoms with Gasteiger partial charge in [0.15, 0.2) is 0 Å². The molecular weight excluding hydrogens is 222 g/mol.